The smallest absolute Gasteiger partial charge is 0.257 e. The SMILES string of the molecule is COCCN=CC1CCc2nc(NC(=O)c3cccc(Cn4cc(-c5ccc(C#N)cc5)nn4)c3)sc2C1. The lowest BCUT2D eigenvalue weighted by Gasteiger charge is -2.16. The number of benzene rings is 2. The lowest BCUT2D eigenvalue weighted by atomic mass is 9.92. The number of aliphatic imine (C=N–C) groups is 1. The molecule has 1 amide bonds. The normalized spacial score (nSPS) is 14.8. The third kappa shape index (κ3) is 6.19. The van der Waals surface area contributed by atoms with Crippen LogP contribution in [0.3, 0.4) is 0 Å². The predicted octanol–water partition coefficient (Wildman–Crippen LogP) is 4.40. The van der Waals surface area contributed by atoms with Crippen LogP contribution in [0.15, 0.2) is 59.7 Å². The van der Waals surface area contributed by atoms with E-state index in [0.717, 1.165) is 41.8 Å². The molecule has 9 nitrogen and oxygen atoms in total. The van der Waals surface area contributed by atoms with E-state index in [2.05, 4.69) is 31.7 Å². The number of rotatable bonds is 9. The van der Waals surface area contributed by atoms with Crippen molar-refractivity contribution in [1.82, 2.24) is 20.0 Å². The van der Waals surface area contributed by atoms with Crippen LogP contribution in [0.5, 0.6) is 0 Å². The highest BCUT2D eigenvalue weighted by atomic mass is 32.1. The van der Waals surface area contributed by atoms with Crippen molar-refractivity contribution in [3.05, 3.63) is 82.0 Å². The first-order valence-electron chi connectivity index (χ1n) is 12.4. The minimum atomic E-state index is -0.188. The molecule has 5 rings (SSSR count). The Balaban J connectivity index is 1.21. The molecule has 1 aliphatic rings. The number of nitrogens with zero attached hydrogens (tertiary/aromatic N) is 6. The van der Waals surface area contributed by atoms with Crippen molar-refractivity contribution >= 4 is 28.6 Å². The summed E-state index contributed by atoms with van der Waals surface area (Å²) in [7, 11) is 1.68. The number of hydrogen-bond donors (Lipinski definition) is 1. The second-order valence-corrected chi connectivity index (χ2v) is 10.2. The Bertz CT molecular complexity index is 1480. The van der Waals surface area contributed by atoms with E-state index in [9.17, 15) is 4.79 Å². The van der Waals surface area contributed by atoms with Gasteiger partial charge in [0, 0.05) is 29.3 Å². The van der Waals surface area contributed by atoms with Crippen LogP contribution >= 0.6 is 11.3 Å². The topological polar surface area (TPSA) is 118 Å². The van der Waals surface area contributed by atoms with E-state index in [0.29, 0.717) is 41.9 Å². The van der Waals surface area contributed by atoms with Crippen LogP contribution in [0, 0.1) is 17.2 Å². The Labute approximate surface area is 224 Å². The van der Waals surface area contributed by atoms with Gasteiger partial charge in [0.05, 0.1) is 43.2 Å². The quantitative estimate of drug-likeness (QED) is 0.256. The Morgan fingerprint density at radius 1 is 1.32 bits per heavy atom. The van der Waals surface area contributed by atoms with Gasteiger partial charge in [0.1, 0.15) is 5.69 Å². The molecule has 0 bridgehead atoms. The molecule has 1 N–H and O–H groups in total. The lowest BCUT2D eigenvalue weighted by molar-refractivity contribution is 0.102. The summed E-state index contributed by atoms with van der Waals surface area (Å²) in [6.45, 7) is 1.78. The summed E-state index contributed by atoms with van der Waals surface area (Å²) in [5.74, 6) is 0.210. The summed E-state index contributed by atoms with van der Waals surface area (Å²) in [6.07, 6.45) is 6.69. The van der Waals surface area contributed by atoms with Gasteiger partial charge in [-0.1, -0.05) is 29.5 Å². The highest BCUT2D eigenvalue weighted by Gasteiger charge is 2.22. The molecule has 10 heteroatoms. The minimum absolute atomic E-state index is 0.188. The number of carbonyl (C=O) groups is 1. The van der Waals surface area contributed by atoms with Gasteiger partial charge in [0.2, 0.25) is 0 Å². The first kappa shape index (κ1) is 25.4. The maximum Gasteiger partial charge on any atom is 0.257 e. The molecule has 0 aliphatic heterocycles. The molecular formula is C28H27N7O2S. The van der Waals surface area contributed by atoms with E-state index in [1.807, 2.05) is 42.7 Å². The first-order valence-corrected chi connectivity index (χ1v) is 13.2. The van der Waals surface area contributed by atoms with Gasteiger partial charge >= 0.3 is 0 Å². The maximum atomic E-state index is 13.0. The van der Waals surface area contributed by atoms with Gasteiger partial charge in [-0.3, -0.25) is 15.1 Å². The molecular weight excluding hydrogens is 498 g/mol. The zero-order valence-electron chi connectivity index (χ0n) is 21.0. The van der Waals surface area contributed by atoms with Crippen LogP contribution in [0.4, 0.5) is 5.13 Å². The van der Waals surface area contributed by atoms with Crippen molar-refractivity contribution in [3.63, 3.8) is 0 Å². The number of ether oxygens (including phenoxy) is 1. The Morgan fingerprint density at radius 2 is 2.18 bits per heavy atom. The van der Waals surface area contributed by atoms with E-state index < -0.39 is 0 Å². The number of anilines is 1. The number of nitriles is 1. The van der Waals surface area contributed by atoms with Gasteiger partial charge in [0.15, 0.2) is 5.13 Å². The van der Waals surface area contributed by atoms with Crippen molar-refractivity contribution in [3.8, 4) is 17.3 Å². The van der Waals surface area contributed by atoms with Crippen LogP contribution in [-0.4, -0.2) is 52.4 Å². The van der Waals surface area contributed by atoms with Crippen LogP contribution < -0.4 is 5.32 Å². The standard InChI is InChI=1S/C28H27N7O2S/c1-37-12-11-30-16-20-7-10-24-26(14-20)38-28(31-24)32-27(36)23-4-2-3-21(13-23)17-35-18-25(33-34-35)22-8-5-19(15-29)6-9-22/h2-6,8-9,13,16,18,20H,7,10-12,14,17H2,1H3,(H,31,32,36). The second-order valence-electron chi connectivity index (χ2n) is 9.08. The van der Waals surface area contributed by atoms with Crippen LogP contribution in [-0.2, 0) is 24.1 Å². The van der Waals surface area contributed by atoms with Crippen molar-refractivity contribution < 1.29 is 9.53 Å². The number of methoxy groups -OCH3 is 1. The molecule has 192 valence electrons. The van der Waals surface area contributed by atoms with Gasteiger partial charge < -0.3 is 4.74 Å². The van der Waals surface area contributed by atoms with Crippen LogP contribution in [0.25, 0.3) is 11.3 Å². The van der Waals surface area contributed by atoms with Crippen LogP contribution in [0.1, 0.15) is 38.5 Å². The monoisotopic (exact) mass is 525 g/mol. The Morgan fingerprint density at radius 3 is 3.00 bits per heavy atom. The maximum absolute atomic E-state index is 13.0. The summed E-state index contributed by atoms with van der Waals surface area (Å²) >= 11 is 1.55. The number of amides is 1. The summed E-state index contributed by atoms with van der Waals surface area (Å²) in [5, 5.41) is 21.0. The number of fused-ring (bicyclic) bond motifs is 1. The van der Waals surface area contributed by atoms with Gasteiger partial charge in [-0.05, 0) is 55.0 Å². The lowest BCUT2D eigenvalue weighted by Crippen LogP contribution is -2.14. The third-order valence-electron chi connectivity index (χ3n) is 6.32. The van der Waals surface area contributed by atoms with Crippen molar-refractivity contribution in [2.24, 2.45) is 10.9 Å². The van der Waals surface area contributed by atoms with E-state index in [1.165, 1.54) is 4.88 Å². The summed E-state index contributed by atoms with van der Waals surface area (Å²) in [5.41, 5.74) is 4.78. The fourth-order valence-electron chi connectivity index (χ4n) is 4.34. The van der Waals surface area contributed by atoms with Crippen molar-refractivity contribution in [1.29, 1.82) is 5.26 Å². The number of carbonyl (C=O) groups excluding carboxylic acids is 1. The number of aryl methyl sites for hydroxylation is 1. The highest BCUT2D eigenvalue weighted by molar-refractivity contribution is 7.15. The molecule has 2 aromatic heterocycles. The highest BCUT2D eigenvalue weighted by Crippen LogP contribution is 2.32. The second kappa shape index (κ2) is 11.9. The van der Waals surface area contributed by atoms with Crippen molar-refractivity contribution in [2.75, 3.05) is 25.6 Å². The Hall–Kier alpha value is -4.20. The molecule has 0 spiro atoms. The number of aromatic nitrogens is 4. The number of hydrogen-bond acceptors (Lipinski definition) is 8. The molecule has 0 fully saturated rings. The van der Waals surface area contributed by atoms with Crippen molar-refractivity contribution in [2.45, 2.75) is 25.8 Å². The fraction of sp³-hybridized carbons (Fsp3) is 0.286. The molecule has 2 aromatic carbocycles. The minimum Gasteiger partial charge on any atom is -0.383 e. The Kier molecular flexibility index (Phi) is 7.97. The van der Waals surface area contributed by atoms with Gasteiger partial charge in [0.25, 0.3) is 5.91 Å². The molecule has 1 unspecified atom stereocenters. The van der Waals surface area contributed by atoms with Gasteiger partial charge in [-0.2, -0.15) is 5.26 Å². The molecule has 0 radical (unpaired) electrons. The molecule has 38 heavy (non-hydrogen) atoms. The molecule has 1 atom stereocenters. The summed E-state index contributed by atoms with van der Waals surface area (Å²) in [4.78, 5) is 23.4. The summed E-state index contributed by atoms with van der Waals surface area (Å²) < 4.78 is 6.78. The molecule has 1 aliphatic carbocycles. The zero-order valence-corrected chi connectivity index (χ0v) is 21.8. The average Bonchev–Trinajstić information content (AvgIpc) is 3.57. The number of nitrogens with one attached hydrogen (secondary N) is 1. The van der Waals surface area contributed by atoms with E-state index in [4.69, 9.17) is 10.00 Å². The fourth-order valence-corrected chi connectivity index (χ4v) is 5.44. The van der Waals surface area contributed by atoms with Gasteiger partial charge in [-0.25, -0.2) is 9.67 Å². The third-order valence-corrected chi connectivity index (χ3v) is 7.36. The average molecular weight is 526 g/mol. The van der Waals surface area contributed by atoms with Crippen LogP contribution in [0.2, 0.25) is 0 Å². The largest absolute Gasteiger partial charge is 0.383 e. The zero-order chi connectivity index (χ0) is 26.3. The van der Waals surface area contributed by atoms with E-state index >= 15 is 0 Å². The van der Waals surface area contributed by atoms with E-state index in [-0.39, 0.29) is 5.91 Å². The molecule has 4 aromatic rings. The van der Waals surface area contributed by atoms with Gasteiger partial charge in [-0.15, -0.1) is 16.4 Å². The first-order chi connectivity index (χ1) is 18.6. The molecule has 0 saturated carbocycles. The number of thiazole rings is 1. The molecule has 2 heterocycles. The van der Waals surface area contributed by atoms with E-state index in [1.54, 1.807) is 41.3 Å². The molecule has 0 saturated heterocycles. The summed E-state index contributed by atoms with van der Waals surface area (Å²) in [6, 6.07) is 16.8. The predicted molar refractivity (Wildman–Crippen MR) is 147 cm³/mol.